The van der Waals surface area contributed by atoms with E-state index in [-0.39, 0.29) is 12.0 Å². The molecule has 0 aromatic heterocycles. The summed E-state index contributed by atoms with van der Waals surface area (Å²) >= 11 is 0. The van der Waals surface area contributed by atoms with Crippen molar-refractivity contribution in [3.63, 3.8) is 0 Å². The normalized spacial score (nSPS) is 13.4. The number of methoxy groups -OCH3 is 1. The van der Waals surface area contributed by atoms with E-state index >= 15 is 0 Å². The van der Waals surface area contributed by atoms with Gasteiger partial charge in [-0.05, 0) is 29.3 Å². The van der Waals surface area contributed by atoms with E-state index in [2.05, 4.69) is 0 Å². The summed E-state index contributed by atoms with van der Waals surface area (Å²) in [5.41, 5.74) is 1.57. The molecule has 0 bridgehead atoms. The van der Waals surface area contributed by atoms with E-state index in [1.807, 2.05) is 0 Å². The summed E-state index contributed by atoms with van der Waals surface area (Å²) in [4.78, 5) is 0. The lowest BCUT2D eigenvalue weighted by Gasteiger charge is -2.15. The van der Waals surface area contributed by atoms with Crippen LogP contribution in [0.25, 0.3) is 6.08 Å². The molecule has 6 nitrogen and oxygen atoms in total. The Morgan fingerprint density at radius 1 is 1.47 bits per heavy atom. The maximum Gasteiger partial charge on any atom is 0.231 e. The minimum absolute atomic E-state index is 0.183. The highest BCUT2D eigenvalue weighted by molar-refractivity contribution is 5.60. The van der Waals surface area contributed by atoms with Gasteiger partial charge in [-0.1, -0.05) is 0 Å². The number of ether oxygens (including phenoxy) is 3. The third-order valence-corrected chi connectivity index (χ3v) is 2.32. The van der Waals surface area contributed by atoms with Crippen molar-refractivity contribution in [2.45, 2.75) is 6.61 Å². The van der Waals surface area contributed by atoms with E-state index in [4.69, 9.17) is 19.4 Å². The predicted molar refractivity (Wildman–Crippen MR) is 59.3 cm³/mol. The Kier molecular flexibility index (Phi) is 3.48. The molecule has 92 valence electrons. The molecule has 0 spiro atoms. The molecule has 1 aromatic carbocycles. The van der Waals surface area contributed by atoms with Crippen molar-refractivity contribution >= 4 is 6.08 Å². The Balaban J connectivity index is 2.34. The molecule has 1 aromatic rings. The van der Waals surface area contributed by atoms with Gasteiger partial charge in [0.2, 0.25) is 6.79 Å². The SMILES string of the molecule is COCc1cc2c(cc1/C=C/N([O-])O)OCO2. The zero-order valence-electron chi connectivity index (χ0n) is 9.25. The molecule has 1 N–H and O–H groups in total. The summed E-state index contributed by atoms with van der Waals surface area (Å²) in [5.74, 6) is 1.26. The number of hydrogen-bond donors (Lipinski definition) is 1. The van der Waals surface area contributed by atoms with E-state index in [1.165, 1.54) is 6.08 Å². The molecule has 0 fully saturated rings. The first-order valence-electron chi connectivity index (χ1n) is 4.95. The fourth-order valence-corrected chi connectivity index (χ4v) is 1.58. The summed E-state index contributed by atoms with van der Waals surface area (Å²) in [6.07, 6.45) is 2.47. The molecule has 1 aliphatic heterocycles. The minimum Gasteiger partial charge on any atom is -0.734 e. The lowest BCUT2D eigenvalue weighted by Crippen LogP contribution is -1.99. The molecule has 1 aliphatic rings. The Morgan fingerprint density at radius 3 is 2.82 bits per heavy atom. The standard InChI is InChI=1S/C11H12NO5/c1-15-6-9-5-11-10(16-7-17-11)4-8(9)2-3-12(13)14/h2-5,13H,6-7H2,1H3/q-1/b3-2+. The summed E-state index contributed by atoms with van der Waals surface area (Å²) in [6, 6.07) is 3.52. The Hall–Kier alpha value is -1.76. The van der Waals surface area contributed by atoms with Crippen LogP contribution in [0.3, 0.4) is 0 Å². The minimum atomic E-state index is -0.263. The van der Waals surface area contributed by atoms with Crippen LogP contribution in [0.5, 0.6) is 11.5 Å². The number of fused-ring (bicyclic) bond motifs is 1. The number of hydrogen-bond acceptors (Lipinski definition) is 6. The fourth-order valence-electron chi connectivity index (χ4n) is 1.58. The highest BCUT2D eigenvalue weighted by atomic mass is 16.8. The lowest BCUT2D eigenvalue weighted by atomic mass is 10.1. The maximum atomic E-state index is 10.4. The highest BCUT2D eigenvalue weighted by Crippen LogP contribution is 2.35. The third-order valence-electron chi connectivity index (χ3n) is 2.32. The van der Waals surface area contributed by atoms with Gasteiger partial charge in [0, 0.05) is 13.3 Å². The molecule has 0 amide bonds. The zero-order chi connectivity index (χ0) is 12.3. The van der Waals surface area contributed by atoms with Gasteiger partial charge < -0.3 is 24.6 Å². The van der Waals surface area contributed by atoms with Gasteiger partial charge >= 0.3 is 0 Å². The Labute approximate surface area is 98.2 Å². The Bertz CT molecular complexity index is 430. The predicted octanol–water partition coefficient (Wildman–Crippen LogP) is 1.72. The third kappa shape index (κ3) is 2.68. The number of benzene rings is 1. The molecule has 0 unspecified atom stereocenters. The van der Waals surface area contributed by atoms with Gasteiger partial charge in [-0.2, -0.15) is 0 Å². The van der Waals surface area contributed by atoms with Crippen molar-refractivity contribution in [2.75, 3.05) is 13.9 Å². The van der Waals surface area contributed by atoms with E-state index < -0.39 is 0 Å². The van der Waals surface area contributed by atoms with Crippen LogP contribution in [0.1, 0.15) is 11.1 Å². The second-order valence-corrected chi connectivity index (χ2v) is 3.46. The van der Waals surface area contributed by atoms with Crippen LogP contribution in [0.15, 0.2) is 18.3 Å². The molecule has 0 aliphatic carbocycles. The summed E-state index contributed by atoms with van der Waals surface area (Å²) in [5, 5.41) is 18.7. The van der Waals surface area contributed by atoms with Crippen molar-refractivity contribution in [3.8, 4) is 11.5 Å². The smallest absolute Gasteiger partial charge is 0.231 e. The second-order valence-electron chi connectivity index (χ2n) is 3.46. The molecular formula is C11H12NO5-. The summed E-state index contributed by atoms with van der Waals surface area (Å²) in [6.45, 7) is 0.559. The number of hydroxylamine groups is 2. The number of nitrogens with zero attached hydrogens (tertiary/aromatic N) is 1. The van der Waals surface area contributed by atoms with Crippen LogP contribution < -0.4 is 9.47 Å². The molecule has 1 heterocycles. The first-order chi connectivity index (χ1) is 8.20. The largest absolute Gasteiger partial charge is 0.734 e. The molecule has 0 radical (unpaired) electrons. The average Bonchev–Trinajstić information content (AvgIpc) is 2.73. The van der Waals surface area contributed by atoms with Crippen molar-refractivity contribution < 1.29 is 19.4 Å². The first kappa shape index (κ1) is 11.7. The first-order valence-corrected chi connectivity index (χ1v) is 4.95. The fraction of sp³-hybridized carbons (Fsp3) is 0.273. The van der Waals surface area contributed by atoms with E-state index in [0.717, 1.165) is 17.3 Å². The van der Waals surface area contributed by atoms with Crippen molar-refractivity contribution in [2.24, 2.45) is 0 Å². The van der Waals surface area contributed by atoms with Crippen LogP contribution in [-0.4, -0.2) is 24.3 Å². The van der Waals surface area contributed by atoms with Crippen molar-refractivity contribution in [1.82, 2.24) is 5.23 Å². The summed E-state index contributed by atoms with van der Waals surface area (Å²) < 4.78 is 15.5. The average molecular weight is 238 g/mol. The van der Waals surface area contributed by atoms with E-state index in [0.29, 0.717) is 18.1 Å². The van der Waals surface area contributed by atoms with E-state index in [1.54, 1.807) is 19.2 Å². The van der Waals surface area contributed by atoms with Crippen LogP contribution >= 0.6 is 0 Å². The lowest BCUT2D eigenvalue weighted by molar-refractivity contribution is 0.0129. The van der Waals surface area contributed by atoms with Gasteiger partial charge in [-0.15, -0.1) is 0 Å². The zero-order valence-corrected chi connectivity index (χ0v) is 9.25. The van der Waals surface area contributed by atoms with Gasteiger partial charge in [0.1, 0.15) is 0 Å². The van der Waals surface area contributed by atoms with Gasteiger partial charge in [0.05, 0.1) is 6.61 Å². The summed E-state index contributed by atoms with van der Waals surface area (Å²) in [7, 11) is 1.57. The van der Waals surface area contributed by atoms with Crippen molar-refractivity contribution in [3.05, 3.63) is 34.7 Å². The van der Waals surface area contributed by atoms with Gasteiger partial charge in [-0.3, -0.25) is 5.21 Å². The van der Waals surface area contributed by atoms with Crippen molar-refractivity contribution in [1.29, 1.82) is 0 Å². The highest BCUT2D eigenvalue weighted by Gasteiger charge is 2.16. The quantitative estimate of drug-likeness (QED) is 0.805. The van der Waals surface area contributed by atoms with Gasteiger partial charge in [-0.25, -0.2) is 0 Å². The van der Waals surface area contributed by atoms with E-state index in [9.17, 15) is 5.21 Å². The Morgan fingerprint density at radius 2 is 2.18 bits per heavy atom. The maximum absolute atomic E-state index is 10.4. The molecule has 0 saturated carbocycles. The van der Waals surface area contributed by atoms with Crippen LogP contribution in [0.4, 0.5) is 0 Å². The van der Waals surface area contributed by atoms with Crippen LogP contribution in [0, 0.1) is 5.21 Å². The van der Waals surface area contributed by atoms with Crippen LogP contribution in [0.2, 0.25) is 0 Å². The molecule has 17 heavy (non-hydrogen) atoms. The molecule has 0 atom stereocenters. The molecule has 0 saturated heterocycles. The van der Waals surface area contributed by atoms with Gasteiger partial charge in [0.25, 0.3) is 0 Å². The number of rotatable bonds is 4. The topological polar surface area (TPSA) is 74.2 Å². The molecular weight excluding hydrogens is 226 g/mol. The molecule has 6 heteroatoms. The molecule has 2 rings (SSSR count). The van der Waals surface area contributed by atoms with Gasteiger partial charge in [0.15, 0.2) is 11.5 Å². The monoisotopic (exact) mass is 238 g/mol. The second kappa shape index (κ2) is 5.05. The van der Waals surface area contributed by atoms with Crippen LogP contribution in [-0.2, 0) is 11.3 Å².